The molecular weight excluding hydrogens is 585 g/mol. The van der Waals surface area contributed by atoms with Crippen LogP contribution in [0.2, 0.25) is 33.2 Å². The molecule has 0 saturated heterocycles. The lowest BCUT2D eigenvalue weighted by molar-refractivity contribution is 0.838. The Balaban J connectivity index is 1.48. The highest BCUT2D eigenvalue weighted by atomic mass is 28.3. The summed E-state index contributed by atoms with van der Waals surface area (Å²) in [6, 6.07) is 23.5. The van der Waals surface area contributed by atoms with Crippen LogP contribution in [0.25, 0.3) is 21.5 Å². The molecule has 5 rings (SSSR count). The zero-order valence-corrected chi connectivity index (χ0v) is 32.7. The lowest BCUT2D eigenvalue weighted by atomic mass is 9.83. The molecule has 0 nitrogen and oxygen atoms in total. The summed E-state index contributed by atoms with van der Waals surface area (Å²) in [4.78, 5) is 0. The van der Waals surface area contributed by atoms with E-state index in [1.54, 1.807) is 0 Å². The van der Waals surface area contributed by atoms with Crippen LogP contribution in [0.4, 0.5) is 0 Å². The van der Waals surface area contributed by atoms with E-state index in [-0.39, 0.29) is 0 Å². The summed E-state index contributed by atoms with van der Waals surface area (Å²) in [6.07, 6.45) is 1.98. The van der Waals surface area contributed by atoms with Crippen molar-refractivity contribution in [1.82, 2.24) is 0 Å². The molecule has 240 valence electrons. The molecule has 0 spiro atoms. The van der Waals surface area contributed by atoms with Gasteiger partial charge in [0.1, 0.15) is 16.1 Å². The Hall–Kier alpha value is -3.05. The second-order valence-corrected chi connectivity index (χ2v) is 27.2. The van der Waals surface area contributed by atoms with Crippen LogP contribution < -0.4 is 0 Å². The maximum absolute atomic E-state index is 3.92. The van der Waals surface area contributed by atoms with E-state index in [1.165, 1.54) is 43.8 Å². The molecule has 0 N–H and O–H groups in total. The molecule has 0 saturated carbocycles. The zero-order chi connectivity index (χ0) is 33.6. The van der Waals surface area contributed by atoms with Crippen LogP contribution in [-0.2, 0) is 12.8 Å². The van der Waals surface area contributed by atoms with Gasteiger partial charge in [0.05, 0.1) is 0 Å². The molecule has 0 bridgehead atoms. The zero-order valence-electron chi connectivity index (χ0n) is 30.7. The predicted octanol–water partition coefficient (Wildman–Crippen LogP) is 12.6. The largest absolute Gasteiger partial charge is 0.146 e. The third-order valence-electron chi connectivity index (χ3n) is 11.7. The Kier molecular flexibility index (Phi) is 9.86. The van der Waals surface area contributed by atoms with Crippen molar-refractivity contribution in [1.29, 1.82) is 0 Å². The Morgan fingerprint density at radius 3 is 0.957 bits per heavy atom. The maximum Gasteiger partial charge on any atom is 0.146 e. The van der Waals surface area contributed by atoms with E-state index < -0.39 is 16.1 Å². The average Bonchev–Trinajstić information content (AvgIpc) is 2.97. The second-order valence-electron chi connectivity index (χ2n) is 16.0. The van der Waals surface area contributed by atoms with Crippen LogP contribution in [0.1, 0.15) is 116 Å². The highest BCUT2D eigenvalue weighted by molar-refractivity contribution is 6.91. The van der Waals surface area contributed by atoms with Gasteiger partial charge in [0.2, 0.25) is 0 Å². The number of benzene rings is 4. The van der Waals surface area contributed by atoms with Crippen molar-refractivity contribution in [2.75, 3.05) is 0 Å². The molecule has 0 unspecified atom stereocenters. The van der Waals surface area contributed by atoms with Gasteiger partial charge in [-0.1, -0.05) is 131 Å². The Bertz CT molecular complexity index is 1700. The van der Waals surface area contributed by atoms with Crippen LogP contribution in [0.15, 0.2) is 60.7 Å². The second kappa shape index (κ2) is 13.2. The molecule has 1 aliphatic carbocycles. The monoisotopic (exact) mass is 640 g/mol. The van der Waals surface area contributed by atoms with Gasteiger partial charge in [-0.3, -0.25) is 0 Å². The van der Waals surface area contributed by atoms with Gasteiger partial charge in [-0.05, 0) is 114 Å². The summed E-state index contributed by atoms with van der Waals surface area (Å²) in [6.45, 7) is 28.7. The number of fused-ring (bicyclic) bond motifs is 4. The van der Waals surface area contributed by atoms with Crippen molar-refractivity contribution >= 4 is 37.7 Å². The molecule has 4 aromatic rings. The van der Waals surface area contributed by atoms with E-state index in [1.807, 2.05) is 0 Å². The van der Waals surface area contributed by atoms with E-state index in [0.29, 0.717) is 33.2 Å². The summed E-state index contributed by atoms with van der Waals surface area (Å²) in [5, 5.41) is 5.26. The standard InChI is InChI=1S/C44H56Si2/c1-29(2)45(30(3)4,31(5)6)19-17-35-13-15-37-23-41-27-42-24-38-16-14-36(18-20-46(32(7)8,33(9)10)34(11)12)22-40(38)26-44(42)28-43(41)25-39(37)21-35/h13-16,21-26,29-34H,27-28H2,1-12H3. The lowest BCUT2D eigenvalue weighted by Crippen LogP contribution is -2.43. The van der Waals surface area contributed by atoms with Crippen molar-refractivity contribution in [3.63, 3.8) is 0 Å². The number of hydrogen-bond donors (Lipinski definition) is 0. The Labute approximate surface area is 282 Å². The van der Waals surface area contributed by atoms with Gasteiger partial charge in [-0.25, -0.2) is 0 Å². The summed E-state index contributed by atoms with van der Waals surface area (Å²) in [5.41, 5.74) is 19.8. The van der Waals surface area contributed by atoms with Gasteiger partial charge in [0, 0.05) is 11.1 Å². The minimum atomic E-state index is -1.77. The van der Waals surface area contributed by atoms with Crippen molar-refractivity contribution in [3.05, 3.63) is 94.0 Å². The third kappa shape index (κ3) is 6.17. The van der Waals surface area contributed by atoms with Crippen LogP contribution in [0.5, 0.6) is 0 Å². The smallest absolute Gasteiger partial charge is 0.125 e. The van der Waals surface area contributed by atoms with Crippen LogP contribution in [-0.4, -0.2) is 16.1 Å². The molecule has 46 heavy (non-hydrogen) atoms. The van der Waals surface area contributed by atoms with Crippen LogP contribution in [0.3, 0.4) is 0 Å². The summed E-state index contributed by atoms with van der Waals surface area (Å²) >= 11 is 0. The maximum atomic E-state index is 3.92. The summed E-state index contributed by atoms with van der Waals surface area (Å²) in [5.74, 6) is 7.37. The highest BCUT2D eigenvalue weighted by Crippen LogP contribution is 2.42. The van der Waals surface area contributed by atoms with Gasteiger partial charge in [-0.2, -0.15) is 0 Å². The molecule has 0 heterocycles. The Morgan fingerprint density at radius 1 is 0.391 bits per heavy atom. The quantitative estimate of drug-likeness (QED) is 0.128. The molecule has 0 aliphatic heterocycles. The molecule has 0 aromatic heterocycles. The van der Waals surface area contributed by atoms with E-state index in [4.69, 9.17) is 0 Å². The van der Waals surface area contributed by atoms with E-state index in [2.05, 4.69) is 167 Å². The van der Waals surface area contributed by atoms with Crippen LogP contribution in [0, 0.1) is 22.9 Å². The minimum absolute atomic E-state index is 0.641. The minimum Gasteiger partial charge on any atom is -0.125 e. The van der Waals surface area contributed by atoms with E-state index in [9.17, 15) is 0 Å². The first-order valence-corrected chi connectivity index (χ1v) is 22.3. The topological polar surface area (TPSA) is 0 Å². The van der Waals surface area contributed by atoms with E-state index in [0.717, 1.165) is 24.0 Å². The molecule has 2 heteroatoms. The molecule has 0 radical (unpaired) electrons. The van der Waals surface area contributed by atoms with Gasteiger partial charge in [-0.15, -0.1) is 11.1 Å². The van der Waals surface area contributed by atoms with Gasteiger partial charge < -0.3 is 0 Å². The molecule has 0 fully saturated rings. The average molecular weight is 641 g/mol. The highest BCUT2D eigenvalue weighted by Gasteiger charge is 2.42. The first-order valence-electron chi connectivity index (χ1n) is 17.9. The van der Waals surface area contributed by atoms with Crippen molar-refractivity contribution in [2.24, 2.45) is 0 Å². The van der Waals surface area contributed by atoms with E-state index >= 15 is 0 Å². The normalized spacial score (nSPS) is 13.4. The molecule has 4 aromatic carbocycles. The molecular formula is C44H56Si2. The predicted molar refractivity (Wildman–Crippen MR) is 209 cm³/mol. The fourth-order valence-electron chi connectivity index (χ4n) is 9.24. The first kappa shape index (κ1) is 34.3. The molecule has 0 atom stereocenters. The van der Waals surface area contributed by atoms with Gasteiger partial charge in [0.15, 0.2) is 0 Å². The summed E-state index contributed by atoms with van der Waals surface area (Å²) in [7, 11) is -3.53. The third-order valence-corrected chi connectivity index (χ3v) is 24.2. The SMILES string of the molecule is CC(C)[Si](C#Cc1ccc2cc3c(cc2c1)Cc1cc2cc(C#C[Si](C(C)C)(C(C)C)C(C)C)ccc2cc1C3)(C(C)C)C(C)C. The van der Waals surface area contributed by atoms with Crippen molar-refractivity contribution in [3.8, 4) is 22.9 Å². The summed E-state index contributed by atoms with van der Waals surface area (Å²) < 4.78 is 0. The number of rotatable bonds is 6. The molecule has 0 amide bonds. The molecule has 1 aliphatic rings. The lowest BCUT2D eigenvalue weighted by Gasteiger charge is -2.38. The number of hydrogen-bond acceptors (Lipinski definition) is 0. The van der Waals surface area contributed by atoms with Crippen LogP contribution >= 0.6 is 0 Å². The first-order chi connectivity index (χ1) is 21.7. The van der Waals surface area contributed by atoms with Crippen molar-refractivity contribution < 1.29 is 0 Å². The van der Waals surface area contributed by atoms with Crippen molar-refractivity contribution in [2.45, 2.75) is 129 Å². The fourth-order valence-corrected chi connectivity index (χ4v) is 19.7. The Morgan fingerprint density at radius 2 is 0.674 bits per heavy atom. The van der Waals surface area contributed by atoms with Gasteiger partial charge in [0.25, 0.3) is 0 Å². The van der Waals surface area contributed by atoms with Gasteiger partial charge >= 0.3 is 0 Å². The fraction of sp³-hybridized carbons (Fsp3) is 0.455.